The van der Waals surface area contributed by atoms with Gasteiger partial charge in [-0.25, -0.2) is 9.07 Å². The van der Waals surface area contributed by atoms with Crippen LogP contribution >= 0.6 is 0 Å². The minimum absolute atomic E-state index is 0.0223. The monoisotopic (exact) mass is 464 g/mol. The number of anilines is 1. The van der Waals surface area contributed by atoms with E-state index in [9.17, 15) is 14.3 Å². The van der Waals surface area contributed by atoms with Crippen LogP contribution in [0.15, 0.2) is 43.0 Å². The highest BCUT2D eigenvalue weighted by molar-refractivity contribution is 5.95. The molecule has 1 aromatic carbocycles. The van der Waals surface area contributed by atoms with Crippen LogP contribution in [0.4, 0.5) is 10.1 Å². The molecule has 1 aliphatic heterocycles. The van der Waals surface area contributed by atoms with Crippen molar-refractivity contribution in [1.82, 2.24) is 25.0 Å². The van der Waals surface area contributed by atoms with Gasteiger partial charge in [-0.2, -0.15) is 5.10 Å². The number of nitrogens with zero attached hydrogens (tertiary/aromatic N) is 4. The lowest BCUT2D eigenvalue weighted by Crippen LogP contribution is -2.48. The van der Waals surface area contributed by atoms with Crippen molar-refractivity contribution in [3.63, 3.8) is 0 Å². The number of aliphatic hydroxyl groups is 1. The second-order valence-electron chi connectivity index (χ2n) is 9.37. The number of hydrogen-bond donors (Lipinski definition) is 3. The number of aryl methyl sites for hydroxylation is 1. The van der Waals surface area contributed by atoms with E-state index in [-0.39, 0.29) is 17.6 Å². The van der Waals surface area contributed by atoms with E-state index >= 15 is 0 Å². The van der Waals surface area contributed by atoms with Gasteiger partial charge in [-0.05, 0) is 63.5 Å². The van der Waals surface area contributed by atoms with Gasteiger partial charge in [-0.15, -0.1) is 0 Å². The summed E-state index contributed by atoms with van der Waals surface area (Å²) in [5.74, 6) is -0.932. The van der Waals surface area contributed by atoms with Gasteiger partial charge < -0.3 is 20.6 Å². The number of pyridine rings is 1. The van der Waals surface area contributed by atoms with Gasteiger partial charge in [0.1, 0.15) is 5.82 Å². The van der Waals surface area contributed by atoms with Crippen LogP contribution in [0.2, 0.25) is 0 Å². The second-order valence-corrected chi connectivity index (χ2v) is 9.37. The van der Waals surface area contributed by atoms with Gasteiger partial charge in [-0.1, -0.05) is 0 Å². The van der Waals surface area contributed by atoms with Crippen LogP contribution in [0.25, 0.3) is 16.8 Å². The number of halogens is 1. The molecule has 0 bridgehead atoms. The Labute approximate surface area is 197 Å². The minimum atomic E-state index is -0.536. The van der Waals surface area contributed by atoms with Gasteiger partial charge in [0.15, 0.2) is 0 Å². The van der Waals surface area contributed by atoms with Crippen LogP contribution in [0.3, 0.4) is 0 Å². The maximum Gasteiger partial charge on any atom is 0.254 e. The smallest absolute Gasteiger partial charge is 0.254 e. The largest absolute Gasteiger partial charge is 0.390 e. The molecule has 8 nitrogen and oxygen atoms in total. The molecule has 1 saturated heterocycles. The molecule has 34 heavy (non-hydrogen) atoms. The maximum atomic E-state index is 14.5. The quantitative estimate of drug-likeness (QED) is 0.519. The van der Waals surface area contributed by atoms with Crippen molar-refractivity contribution < 1.29 is 14.3 Å². The lowest BCUT2D eigenvalue weighted by molar-refractivity contribution is 0.0729. The molecule has 0 radical (unpaired) electrons. The second kappa shape index (κ2) is 9.15. The van der Waals surface area contributed by atoms with Gasteiger partial charge in [0.05, 0.1) is 35.3 Å². The highest BCUT2D eigenvalue weighted by atomic mass is 19.1. The Hall–Kier alpha value is -3.30. The van der Waals surface area contributed by atoms with Crippen LogP contribution in [-0.2, 0) is 0 Å². The van der Waals surface area contributed by atoms with Crippen LogP contribution in [0, 0.1) is 12.7 Å². The normalized spacial score (nSPS) is 20.8. The summed E-state index contributed by atoms with van der Waals surface area (Å²) >= 11 is 0. The number of amides is 1. The van der Waals surface area contributed by atoms with Crippen LogP contribution in [-0.4, -0.2) is 69.0 Å². The third kappa shape index (κ3) is 4.80. The molecule has 9 heteroatoms. The molecule has 3 N–H and O–H groups in total. The summed E-state index contributed by atoms with van der Waals surface area (Å²) in [6.45, 7) is 3.35. The number of nitrogens with one attached hydrogen (secondary N) is 2. The first kappa shape index (κ1) is 22.5. The molecular formula is C25H29FN6O2. The molecule has 3 heterocycles. The molecule has 0 spiro atoms. The van der Waals surface area contributed by atoms with Gasteiger partial charge >= 0.3 is 0 Å². The van der Waals surface area contributed by atoms with E-state index in [0.29, 0.717) is 17.8 Å². The number of rotatable bonds is 6. The molecule has 178 valence electrons. The fourth-order valence-electron chi connectivity index (χ4n) is 4.33. The third-order valence-electron chi connectivity index (χ3n) is 6.48. The first-order chi connectivity index (χ1) is 16.4. The van der Waals surface area contributed by atoms with E-state index in [1.807, 2.05) is 19.3 Å². The van der Waals surface area contributed by atoms with Crippen LogP contribution in [0.5, 0.6) is 0 Å². The Morgan fingerprint density at radius 1 is 1.15 bits per heavy atom. The van der Waals surface area contributed by atoms with Gasteiger partial charge in [0.25, 0.3) is 5.91 Å². The molecular weight excluding hydrogens is 435 g/mol. The summed E-state index contributed by atoms with van der Waals surface area (Å²) in [4.78, 5) is 18.9. The van der Waals surface area contributed by atoms with E-state index in [0.717, 1.165) is 42.6 Å². The van der Waals surface area contributed by atoms with E-state index in [2.05, 4.69) is 25.6 Å². The zero-order valence-electron chi connectivity index (χ0n) is 19.3. The Morgan fingerprint density at radius 2 is 1.97 bits per heavy atom. The molecule has 2 aliphatic rings. The molecule has 1 unspecified atom stereocenters. The maximum absolute atomic E-state index is 14.5. The third-order valence-corrected chi connectivity index (χ3v) is 6.48. The molecule has 1 aliphatic carbocycles. The first-order valence-electron chi connectivity index (χ1n) is 11.6. The van der Waals surface area contributed by atoms with Crippen molar-refractivity contribution in [3.05, 3.63) is 59.9 Å². The number of carbonyl (C=O) groups excluding carboxylic acids is 1. The summed E-state index contributed by atoms with van der Waals surface area (Å²) in [5.41, 5.74) is 3.88. The summed E-state index contributed by atoms with van der Waals surface area (Å²) in [5, 5.41) is 21.1. The predicted octanol–water partition coefficient (Wildman–Crippen LogP) is 2.75. The summed E-state index contributed by atoms with van der Waals surface area (Å²) in [7, 11) is 2.00. The molecule has 2 atom stereocenters. The molecule has 2 aromatic heterocycles. The zero-order chi connectivity index (χ0) is 23.8. The molecule has 1 amide bonds. The molecule has 2 fully saturated rings. The Balaban J connectivity index is 1.37. The van der Waals surface area contributed by atoms with Crippen molar-refractivity contribution in [2.24, 2.45) is 0 Å². The Kier molecular flexibility index (Phi) is 6.05. The molecule has 5 rings (SSSR count). The lowest BCUT2D eigenvalue weighted by Gasteiger charge is -2.34. The number of aromatic nitrogens is 3. The highest BCUT2D eigenvalue weighted by Gasteiger charge is 2.27. The van der Waals surface area contributed by atoms with Crippen LogP contribution < -0.4 is 10.6 Å². The average Bonchev–Trinajstić information content (AvgIpc) is 3.48. The van der Waals surface area contributed by atoms with Crippen molar-refractivity contribution in [1.29, 1.82) is 0 Å². The van der Waals surface area contributed by atoms with E-state index in [1.54, 1.807) is 36.3 Å². The zero-order valence-corrected chi connectivity index (χ0v) is 19.3. The van der Waals surface area contributed by atoms with Crippen molar-refractivity contribution in [3.8, 4) is 16.8 Å². The standard InChI is InChI=1S/C25H29FN6O2/c1-15-7-21(26)20(25(34)30-18-3-4-18)9-23(15)32-13-17(11-28-32)16-8-19(12-27-10-16)29-22-5-6-31(2)14-24(22)33/h7-13,18,22,24,29,33H,3-6,14H2,1-2H3,(H,30,34)/t22?,24-/m1/s1. The van der Waals surface area contributed by atoms with Gasteiger partial charge in [-0.3, -0.25) is 9.78 Å². The number of carbonyl (C=O) groups is 1. The minimum Gasteiger partial charge on any atom is -0.390 e. The number of piperidine rings is 1. The fourth-order valence-corrected chi connectivity index (χ4v) is 4.33. The van der Waals surface area contributed by atoms with Crippen molar-refractivity contribution in [2.45, 2.75) is 44.4 Å². The molecule has 1 saturated carbocycles. The fraction of sp³-hybridized carbons (Fsp3) is 0.400. The Bertz CT molecular complexity index is 1210. The number of benzene rings is 1. The van der Waals surface area contributed by atoms with Crippen molar-refractivity contribution in [2.75, 3.05) is 25.5 Å². The van der Waals surface area contributed by atoms with Crippen molar-refractivity contribution >= 4 is 11.6 Å². The summed E-state index contributed by atoms with van der Waals surface area (Å²) in [6.07, 6.45) is 9.34. The van der Waals surface area contributed by atoms with Gasteiger partial charge in [0.2, 0.25) is 0 Å². The van der Waals surface area contributed by atoms with E-state index in [4.69, 9.17) is 0 Å². The van der Waals surface area contributed by atoms with Gasteiger partial charge in [0, 0.05) is 42.3 Å². The topological polar surface area (TPSA) is 95.3 Å². The number of likely N-dealkylation sites (N-methyl/N-ethyl adjacent to an activating group) is 1. The number of aliphatic hydroxyl groups excluding tert-OH is 1. The summed E-state index contributed by atoms with van der Waals surface area (Å²) in [6, 6.07) is 5.02. The first-order valence-corrected chi connectivity index (χ1v) is 11.6. The average molecular weight is 465 g/mol. The number of β-amino-alcohol motifs (C(OH)–C–C–N with tert-alkyl or cyclic N) is 1. The van der Waals surface area contributed by atoms with E-state index in [1.165, 1.54) is 6.07 Å². The SMILES string of the molecule is Cc1cc(F)c(C(=O)NC2CC2)cc1-n1cc(-c2cncc(NC3CCN(C)C[C@H]3O)c2)cn1. The predicted molar refractivity (Wildman–Crippen MR) is 128 cm³/mol. The number of hydrogen-bond acceptors (Lipinski definition) is 6. The number of likely N-dealkylation sites (tertiary alicyclic amines) is 1. The summed E-state index contributed by atoms with van der Waals surface area (Å²) < 4.78 is 16.1. The Morgan fingerprint density at radius 3 is 2.74 bits per heavy atom. The highest BCUT2D eigenvalue weighted by Crippen LogP contribution is 2.26. The van der Waals surface area contributed by atoms with Crippen LogP contribution in [0.1, 0.15) is 35.2 Å². The molecule has 3 aromatic rings. The lowest BCUT2D eigenvalue weighted by atomic mass is 10.0. The van der Waals surface area contributed by atoms with E-state index < -0.39 is 17.8 Å².